The molecule has 0 unspecified atom stereocenters. The normalized spacial score (nSPS) is 10.5. The lowest BCUT2D eigenvalue weighted by Crippen LogP contribution is -2.08. The van der Waals surface area contributed by atoms with Gasteiger partial charge in [-0.2, -0.15) is 15.8 Å². The van der Waals surface area contributed by atoms with Crippen molar-refractivity contribution in [1.82, 2.24) is 9.61 Å². The first-order valence-corrected chi connectivity index (χ1v) is 8.41. The number of hydrogen-bond acceptors (Lipinski definition) is 9. The van der Waals surface area contributed by atoms with E-state index in [0.717, 1.165) is 10.6 Å². The highest BCUT2D eigenvalue weighted by atomic mass is 16.5. The maximum atomic E-state index is 12.2. The summed E-state index contributed by atoms with van der Waals surface area (Å²) in [5.74, 6) is 0.204. The van der Waals surface area contributed by atoms with Crippen molar-refractivity contribution >= 4 is 28.1 Å². The zero-order valence-corrected chi connectivity index (χ0v) is 15.4. The number of nitrogens with two attached hydrogens (primary N) is 2. The number of aromatic nitrogens is 2. The molecule has 0 bridgehead atoms. The van der Waals surface area contributed by atoms with Crippen LogP contribution in [0, 0.1) is 34.0 Å². The Morgan fingerprint density at radius 3 is 2.40 bits per heavy atom. The quantitative estimate of drug-likeness (QED) is 0.477. The number of rotatable bonds is 2. The van der Waals surface area contributed by atoms with Crippen molar-refractivity contribution < 1.29 is 9.15 Å². The van der Waals surface area contributed by atoms with Crippen molar-refractivity contribution in [3.63, 3.8) is 0 Å². The third-order valence-electron chi connectivity index (χ3n) is 4.69. The summed E-state index contributed by atoms with van der Waals surface area (Å²) in [7, 11) is 1.47. The zero-order chi connectivity index (χ0) is 21.6. The van der Waals surface area contributed by atoms with E-state index >= 15 is 0 Å². The van der Waals surface area contributed by atoms with Crippen LogP contribution in [0.1, 0.15) is 16.7 Å². The third kappa shape index (κ3) is 2.40. The molecule has 10 heteroatoms. The summed E-state index contributed by atoms with van der Waals surface area (Å²) in [6.45, 7) is 0. The molecule has 10 nitrogen and oxygen atoms in total. The fourth-order valence-corrected chi connectivity index (χ4v) is 3.39. The summed E-state index contributed by atoms with van der Waals surface area (Å²) in [5, 5.41) is 33.7. The minimum absolute atomic E-state index is 0.0493. The lowest BCUT2D eigenvalue weighted by Gasteiger charge is -2.14. The molecule has 4 N–H and O–H groups in total. The number of ether oxygens (including phenoxy) is 1. The van der Waals surface area contributed by atoms with E-state index in [9.17, 15) is 20.6 Å². The van der Waals surface area contributed by atoms with Gasteiger partial charge in [0.1, 0.15) is 52.0 Å². The second-order valence-electron chi connectivity index (χ2n) is 6.21. The fourth-order valence-electron chi connectivity index (χ4n) is 3.39. The van der Waals surface area contributed by atoms with Gasteiger partial charge in [-0.3, -0.25) is 0 Å². The Morgan fingerprint density at radius 1 is 1.07 bits per heavy atom. The minimum atomic E-state index is -0.692. The second kappa shape index (κ2) is 6.55. The molecule has 0 saturated heterocycles. The van der Waals surface area contributed by atoms with Crippen LogP contribution in [0.3, 0.4) is 0 Å². The average molecular weight is 397 g/mol. The van der Waals surface area contributed by atoms with Gasteiger partial charge in [0.2, 0.25) is 0 Å². The highest BCUT2D eigenvalue weighted by Crippen LogP contribution is 2.39. The molecule has 0 aliphatic carbocycles. The number of hydrogen-bond donors (Lipinski definition) is 2. The molecule has 0 aliphatic rings. The number of nitriles is 3. The molecule has 0 spiro atoms. The zero-order valence-electron chi connectivity index (χ0n) is 15.4. The second-order valence-corrected chi connectivity index (χ2v) is 6.21. The number of pyridine rings is 1. The first-order chi connectivity index (χ1) is 14.4. The van der Waals surface area contributed by atoms with Crippen LogP contribution in [0.25, 0.3) is 27.6 Å². The van der Waals surface area contributed by atoms with Crippen LogP contribution in [0.2, 0.25) is 0 Å². The Kier molecular flexibility index (Phi) is 4.01. The van der Waals surface area contributed by atoms with Crippen molar-refractivity contribution in [2.45, 2.75) is 0 Å². The van der Waals surface area contributed by atoms with E-state index in [1.165, 1.54) is 13.2 Å². The van der Waals surface area contributed by atoms with Crippen LogP contribution in [-0.4, -0.2) is 16.7 Å². The molecular formula is C20H11N7O3. The SMILES string of the molecule is COc1ccc2oc(=O)cc(-c3c(C#N)c(N)n4nc(N)c(C#N)c4c3C#N)c2c1. The Labute approximate surface area is 168 Å². The van der Waals surface area contributed by atoms with Crippen LogP contribution in [-0.2, 0) is 0 Å². The Balaban J connectivity index is 2.31. The van der Waals surface area contributed by atoms with E-state index in [0.29, 0.717) is 11.1 Å². The van der Waals surface area contributed by atoms with Crippen molar-refractivity contribution in [3.05, 3.63) is 51.4 Å². The molecule has 1 aromatic carbocycles. The van der Waals surface area contributed by atoms with E-state index in [1.54, 1.807) is 12.1 Å². The topological polar surface area (TPSA) is 180 Å². The monoisotopic (exact) mass is 397 g/mol. The lowest BCUT2D eigenvalue weighted by molar-refractivity contribution is 0.415. The van der Waals surface area contributed by atoms with Gasteiger partial charge in [-0.1, -0.05) is 0 Å². The van der Waals surface area contributed by atoms with E-state index in [1.807, 2.05) is 18.2 Å². The van der Waals surface area contributed by atoms with Crippen molar-refractivity contribution in [2.75, 3.05) is 18.6 Å². The van der Waals surface area contributed by atoms with Crippen LogP contribution < -0.4 is 21.8 Å². The smallest absolute Gasteiger partial charge is 0.336 e. The first-order valence-electron chi connectivity index (χ1n) is 8.41. The van der Waals surface area contributed by atoms with Gasteiger partial charge in [0.05, 0.1) is 12.7 Å². The number of nitrogen functional groups attached to an aromatic ring is 2. The molecule has 0 saturated carbocycles. The van der Waals surface area contributed by atoms with Crippen molar-refractivity contribution in [2.24, 2.45) is 0 Å². The van der Waals surface area contributed by atoms with Crippen molar-refractivity contribution in [3.8, 4) is 35.1 Å². The van der Waals surface area contributed by atoms with Gasteiger partial charge in [0, 0.05) is 22.6 Å². The van der Waals surface area contributed by atoms with Gasteiger partial charge >= 0.3 is 5.63 Å². The van der Waals surface area contributed by atoms with E-state index < -0.39 is 5.63 Å². The maximum absolute atomic E-state index is 12.2. The number of anilines is 2. The minimum Gasteiger partial charge on any atom is -0.497 e. The molecule has 4 rings (SSSR count). The summed E-state index contributed by atoms with van der Waals surface area (Å²) in [6, 6.07) is 11.8. The number of nitrogens with zero attached hydrogens (tertiary/aromatic N) is 5. The molecule has 0 amide bonds. The number of fused-ring (bicyclic) bond motifs is 2. The predicted octanol–water partition coefficient (Wildman–Crippen LogP) is 1.90. The Hall–Kier alpha value is -5.01. The number of benzene rings is 1. The van der Waals surface area contributed by atoms with Gasteiger partial charge in [0.15, 0.2) is 5.82 Å². The van der Waals surface area contributed by atoms with Gasteiger partial charge in [-0.15, -0.1) is 5.10 Å². The van der Waals surface area contributed by atoms with Crippen LogP contribution >= 0.6 is 0 Å². The van der Waals surface area contributed by atoms with Crippen LogP contribution in [0.15, 0.2) is 33.5 Å². The van der Waals surface area contributed by atoms with Crippen molar-refractivity contribution in [1.29, 1.82) is 15.8 Å². The standard InChI is InChI=1S/C20H11N7O3/c1-29-9-2-3-15-10(4-9)11(5-16(28)30-15)17-12(6-21)18-14(8-23)19(24)26-27(18)20(25)13(17)7-22/h2-5H,25H2,1H3,(H2,24,26). The molecule has 4 aromatic rings. The Bertz CT molecular complexity index is 1560. The molecule has 144 valence electrons. The Morgan fingerprint density at radius 2 is 1.77 bits per heavy atom. The molecule has 0 fully saturated rings. The highest BCUT2D eigenvalue weighted by molar-refractivity contribution is 6.01. The largest absolute Gasteiger partial charge is 0.497 e. The molecule has 3 heterocycles. The summed E-state index contributed by atoms with van der Waals surface area (Å²) in [6.07, 6.45) is 0. The molecule has 0 radical (unpaired) electrons. The summed E-state index contributed by atoms with van der Waals surface area (Å²) >= 11 is 0. The van der Waals surface area contributed by atoms with Gasteiger partial charge in [-0.25, -0.2) is 9.31 Å². The maximum Gasteiger partial charge on any atom is 0.336 e. The highest BCUT2D eigenvalue weighted by Gasteiger charge is 2.26. The van der Waals surface area contributed by atoms with Gasteiger partial charge in [-0.05, 0) is 18.2 Å². The number of methoxy groups -OCH3 is 1. The van der Waals surface area contributed by atoms with E-state index in [-0.39, 0.29) is 50.6 Å². The molecular weight excluding hydrogens is 386 g/mol. The molecule has 30 heavy (non-hydrogen) atoms. The van der Waals surface area contributed by atoms with Gasteiger partial charge < -0.3 is 20.6 Å². The molecule has 3 aromatic heterocycles. The predicted molar refractivity (Wildman–Crippen MR) is 106 cm³/mol. The van der Waals surface area contributed by atoms with Gasteiger partial charge in [0.25, 0.3) is 0 Å². The summed E-state index contributed by atoms with van der Waals surface area (Å²) in [4.78, 5) is 12.2. The third-order valence-corrected chi connectivity index (χ3v) is 4.69. The molecule has 0 atom stereocenters. The summed E-state index contributed by atoms with van der Waals surface area (Å²) in [5.41, 5.74) is 11.6. The lowest BCUT2D eigenvalue weighted by atomic mass is 9.92. The average Bonchev–Trinajstić information content (AvgIpc) is 3.09. The van der Waals surface area contributed by atoms with E-state index in [4.69, 9.17) is 20.6 Å². The van der Waals surface area contributed by atoms with Crippen LogP contribution in [0.4, 0.5) is 11.6 Å². The fraction of sp³-hybridized carbons (Fsp3) is 0.0500. The van der Waals surface area contributed by atoms with E-state index in [2.05, 4.69) is 5.10 Å². The summed E-state index contributed by atoms with van der Waals surface area (Å²) < 4.78 is 11.6. The van der Waals surface area contributed by atoms with Crippen LogP contribution in [0.5, 0.6) is 5.75 Å². The molecule has 0 aliphatic heterocycles. The first kappa shape index (κ1) is 18.4.